The van der Waals surface area contributed by atoms with E-state index in [4.69, 9.17) is 19.2 Å². The summed E-state index contributed by atoms with van der Waals surface area (Å²) < 4.78 is 17.4. The van der Waals surface area contributed by atoms with Crippen LogP contribution in [0.1, 0.15) is 40.8 Å². The number of aryl methyl sites for hydroxylation is 1. The Morgan fingerprint density at radius 3 is 2.46 bits per heavy atom. The van der Waals surface area contributed by atoms with Gasteiger partial charge in [-0.05, 0) is 61.4 Å². The molecule has 0 aliphatic carbocycles. The molecule has 0 bridgehead atoms. The molecule has 35 heavy (non-hydrogen) atoms. The van der Waals surface area contributed by atoms with Crippen LogP contribution in [0, 0.1) is 0 Å². The lowest BCUT2D eigenvalue weighted by Gasteiger charge is -2.15. The molecule has 0 spiro atoms. The van der Waals surface area contributed by atoms with Crippen molar-refractivity contribution in [2.75, 3.05) is 20.8 Å². The summed E-state index contributed by atoms with van der Waals surface area (Å²) in [4.78, 5) is 29.8. The summed E-state index contributed by atoms with van der Waals surface area (Å²) >= 11 is 0. The Morgan fingerprint density at radius 2 is 1.74 bits per heavy atom. The fourth-order valence-electron chi connectivity index (χ4n) is 4.12. The minimum Gasteiger partial charge on any atom is -0.497 e. The van der Waals surface area contributed by atoms with Gasteiger partial charge in [0.05, 0.1) is 26.3 Å². The van der Waals surface area contributed by atoms with Crippen molar-refractivity contribution in [2.45, 2.75) is 26.2 Å². The van der Waals surface area contributed by atoms with Crippen LogP contribution in [-0.2, 0) is 27.1 Å². The Balaban J connectivity index is 1.84. The number of hydrogen-bond donors (Lipinski definition) is 0. The van der Waals surface area contributed by atoms with Gasteiger partial charge in [-0.15, -0.1) is 0 Å². The van der Waals surface area contributed by atoms with Crippen molar-refractivity contribution in [3.63, 3.8) is 0 Å². The molecule has 2 aromatic heterocycles. The predicted octanol–water partition coefficient (Wildman–Crippen LogP) is 4.91. The molecule has 0 aliphatic heterocycles. The molecule has 0 saturated heterocycles. The maximum absolute atomic E-state index is 13.1. The number of ether oxygens (including phenoxy) is 3. The van der Waals surface area contributed by atoms with Crippen LogP contribution < -0.4 is 4.74 Å². The number of esters is 2. The summed E-state index contributed by atoms with van der Waals surface area (Å²) in [5, 5.41) is 1.06. The molecule has 0 radical (unpaired) electrons. The van der Waals surface area contributed by atoms with Gasteiger partial charge < -0.3 is 18.8 Å². The first-order valence-corrected chi connectivity index (χ1v) is 11.5. The Hall–Kier alpha value is -4.13. The van der Waals surface area contributed by atoms with Crippen molar-refractivity contribution < 1.29 is 23.8 Å². The number of nitrogens with zero attached hydrogens (tertiary/aromatic N) is 2. The molecule has 0 unspecified atom stereocenters. The Kier molecular flexibility index (Phi) is 7.45. The summed E-state index contributed by atoms with van der Waals surface area (Å²) in [5.74, 6) is -0.0714. The molecule has 2 aromatic carbocycles. The van der Waals surface area contributed by atoms with Gasteiger partial charge in [-0.2, -0.15) is 0 Å². The molecule has 0 N–H and O–H groups in total. The van der Waals surface area contributed by atoms with Crippen LogP contribution in [0.2, 0.25) is 0 Å². The zero-order valence-corrected chi connectivity index (χ0v) is 20.1. The van der Waals surface area contributed by atoms with Gasteiger partial charge in [0, 0.05) is 35.3 Å². The number of methoxy groups -OCH3 is 2. The highest BCUT2D eigenvalue weighted by Gasteiger charge is 2.24. The van der Waals surface area contributed by atoms with Crippen molar-refractivity contribution in [2.24, 2.45) is 0 Å². The second kappa shape index (κ2) is 10.9. The molecule has 0 atom stereocenters. The maximum atomic E-state index is 13.1. The average molecular weight is 473 g/mol. The molecule has 0 aliphatic rings. The zero-order valence-electron chi connectivity index (χ0n) is 20.1. The fourth-order valence-corrected chi connectivity index (χ4v) is 4.12. The third-order valence-electron chi connectivity index (χ3n) is 5.80. The minimum atomic E-state index is -0.444. The van der Waals surface area contributed by atoms with Gasteiger partial charge in [0.25, 0.3) is 0 Å². The molecule has 4 aromatic rings. The molecule has 0 amide bonds. The maximum Gasteiger partial charge on any atom is 0.355 e. The van der Waals surface area contributed by atoms with E-state index in [-0.39, 0.29) is 19.0 Å². The standard InChI is InChI=1S/C28H28N2O5/c1-4-35-28(32)27-20(10-16-26(31)34-3)17-23(30(27)22-12-14-24(33-2)15-13-22)18-21-11-9-19-7-5-6-8-25(19)29-21/h5-9,11-15,17H,4,10,16,18H2,1-3H3. The molecule has 7 heteroatoms. The highest BCUT2D eigenvalue weighted by atomic mass is 16.5. The van der Waals surface area contributed by atoms with Crippen LogP contribution in [0.3, 0.4) is 0 Å². The van der Waals surface area contributed by atoms with E-state index < -0.39 is 5.97 Å². The summed E-state index contributed by atoms with van der Waals surface area (Å²) in [6.45, 7) is 2.01. The molecular weight excluding hydrogens is 444 g/mol. The Labute approximate surface area is 204 Å². The van der Waals surface area contributed by atoms with Crippen LogP contribution >= 0.6 is 0 Å². The number of rotatable bonds is 9. The van der Waals surface area contributed by atoms with E-state index in [1.807, 2.05) is 71.3 Å². The van der Waals surface area contributed by atoms with Crippen molar-refractivity contribution in [1.29, 1.82) is 0 Å². The second-order valence-corrected chi connectivity index (χ2v) is 8.01. The molecule has 7 nitrogen and oxygen atoms in total. The Bertz CT molecular complexity index is 1340. The number of benzene rings is 2. The largest absolute Gasteiger partial charge is 0.497 e. The van der Waals surface area contributed by atoms with Gasteiger partial charge >= 0.3 is 11.9 Å². The van der Waals surface area contributed by atoms with Gasteiger partial charge in [0.1, 0.15) is 11.4 Å². The molecule has 180 valence electrons. The van der Waals surface area contributed by atoms with Gasteiger partial charge in [0.2, 0.25) is 0 Å². The van der Waals surface area contributed by atoms with E-state index in [9.17, 15) is 9.59 Å². The predicted molar refractivity (Wildman–Crippen MR) is 133 cm³/mol. The number of pyridine rings is 1. The van der Waals surface area contributed by atoms with Crippen molar-refractivity contribution in [3.8, 4) is 11.4 Å². The Morgan fingerprint density at radius 1 is 0.971 bits per heavy atom. The number of para-hydroxylation sites is 1. The van der Waals surface area contributed by atoms with Crippen LogP contribution in [0.15, 0.2) is 66.7 Å². The summed E-state index contributed by atoms with van der Waals surface area (Å²) in [7, 11) is 2.96. The lowest BCUT2D eigenvalue weighted by Crippen LogP contribution is -2.15. The summed E-state index contributed by atoms with van der Waals surface area (Å²) in [6.07, 6.45) is 0.993. The lowest BCUT2D eigenvalue weighted by molar-refractivity contribution is -0.140. The van der Waals surface area contributed by atoms with Crippen LogP contribution in [0.25, 0.3) is 16.6 Å². The molecule has 2 heterocycles. The highest BCUT2D eigenvalue weighted by molar-refractivity contribution is 5.91. The van der Waals surface area contributed by atoms with Crippen molar-refractivity contribution >= 4 is 22.8 Å². The van der Waals surface area contributed by atoms with E-state index in [1.165, 1.54) is 7.11 Å². The quantitative estimate of drug-likeness (QED) is 0.322. The van der Waals surface area contributed by atoms with Gasteiger partial charge in [-0.3, -0.25) is 9.78 Å². The van der Waals surface area contributed by atoms with Crippen molar-refractivity contribution in [3.05, 3.63) is 89.4 Å². The normalized spacial score (nSPS) is 10.8. The first kappa shape index (κ1) is 24.0. The first-order chi connectivity index (χ1) is 17.0. The van der Waals surface area contributed by atoms with Crippen molar-refractivity contribution in [1.82, 2.24) is 9.55 Å². The van der Waals surface area contributed by atoms with Gasteiger partial charge in [-0.25, -0.2) is 4.79 Å². The smallest absolute Gasteiger partial charge is 0.355 e. The number of carbonyl (C=O) groups is 2. The minimum absolute atomic E-state index is 0.156. The molecule has 0 saturated carbocycles. The number of hydrogen-bond acceptors (Lipinski definition) is 6. The van der Waals surface area contributed by atoms with Crippen LogP contribution in [0.4, 0.5) is 0 Å². The molecular formula is C28H28N2O5. The van der Waals surface area contributed by atoms with Crippen LogP contribution in [-0.4, -0.2) is 42.3 Å². The number of carbonyl (C=O) groups excluding carboxylic acids is 2. The van der Waals surface area contributed by atoms with E-state index in [1.54, 1.807) is 14.0 Å². The topological polar surface area (TPSA) is 79.7 Å². The van der Waals surface area contributed by atoms with Crippen LogP contribution in [0.5, 0.6) is 5.75 Å². The summed E-state index contributed by atoms with van der Waals surface area (Å²) in [6, 6.07) is 21.4. The van der Waals surface area contributed by atoms with E-state index in [0.29, 0.717) is 24.3 Å². The average Bonchev–Trinajstić information content (AvgIpc) is 3.25. The van der Waals surface area contributed by atoms with E-state index in [2.05, 4.69) is 0 Å². The number of fused-ring (bicyclic) bond motifs is 1. The zero-order chi connectivity index (χ0) is 24.8. The third kappa shape index (κ3) is 5.35. The first-order valence-electron chi connectivity index (χ1n) is 11.5. The third-order valence-corrected chi connectivity index (χ3v) is 5.80. The SMILES string of the molecule is CCOC(=O)c1c(CCC(=O)OC)cc(Cc2ccc3ccccc3n2)n1-c1ccc(OC)cc1. The number of aromatic nitrogens is 2. The highest BCUT2D eigenvalue weighted by Crippen LogP contribution is 2.27. The lowest BCUT2D eigenvalue weighted by atomic mass is 10.1. The molecule has 0 fully saturated rings. The molecule has 4 rings (SSSR count). The second-order valence-electron chi connectivity index (χ2n) is 8.01. The van der Waals surface area contributed by atoms with E-state index >= 15 is 0 Å². The monoisotopic (exact) mass is 472 g/mol. The van der Waals surface area contributed by atoms with Gasteiger partial charge in [-0.1, -0.05) is 24.3 Å². The van der Waals surface area contributed by atoms with E-state index in [0.717, 1.165) is 33.5 Å². The fraction of sp³-hybridized carbons (Fsp3) is 0.250. The van der Waals surface area contributed by atoms with Gasteiger partial charge in [0.15, 0.2) is 0 Å². The summed E-state index contributed by atoms with van der Waals surface area (Å²) in [5.41, 5.74) is 4.54.